The van der Waals surface area contributed by atoms with Gasteiger partial charge < -0.3 is 9.03 Å². The molecule has 0 saturated heterocycles. The largest absolute Gasteiger partial charge is 0.395 e. The molecule has 2 aliphatic rings. The van der Waals surface area contributed by atoms with Gasteiger partial charge in [-0.1, -0.05) is 68.0 Å². The Balaban J connectivity index is 0.00000243. The SMILES string of the molecule is CN([Si](=O)CC1C(CC2CCCCC2)=Cc2ccccc21)C(C)(C)C.Cl.Cl.[Ti]. The quantitative estimate of drug-likeness (QED) is 0.445. The average Bonchev–Trinajstić information content (AvgIpc) is 2.91. The third-order valence-corrected chi connectivity index (χ3v) is 8.34. The molecular formula is C22H35Cl2NOSiTi. The van der Waals surface area contributed by atoms with Gasteiger partial charge in [0.15, 0.2) is 0 Å². The van der Waals surface area contributed by atoms with E-state index in [1.54, 1.807) is 0 Å². The molecule has 28 heavy (non-hydrogen) atoms. The zero-order valence-corrected chi connectivity index (χ0v) is 21.9. The standard InChI is InChI=1S/C22H33NOSi.2ClH.Ti/c1-22(2,3)23(4)25(24)16-21-19(14-17-10-6-5-7-11-17)15-18-12-8-9-13-20(18)21;;;/h8-9,12-13,15,17,21H,5-7,10-11,14,16H2,1-4H3;2*1H;. The number of benzene rings is 1. The predicted octanol–water partition coefficient (Wildman–Crippen LogP) is 6.63. The fourth-order valence-electron chi connectivity index (χ4n) is 4.31. The van der Waals surface area contributed by atoms with E-state index in [2.05, 4.69) is 55.7 Å². The second-order valence-electron chi connectivity index (χ2n) is 8.94. The normalized spacial score (nSPS) is 18.7. The fraction of sp³-hybridized carbons (Fsp3) is 0.636. The number of hydrogen-bond acceptors (Lipinski definition) is 1. The second kappa shape index (κ2) is 12.1. The average molecular weight is 476 g/mol. The topological polar surface area (TPSA) is 20.3 Å². The number of fused-ring (bicyclic) bond motifs is 1. The molecule has 1 aromatic carbocycles. The van der Waals surface area contributed by atoms with Crippen molar-refractivity contribution in [2.45, 2.75) is 76.8 Å². The van der Waals surface area contributed by atoms with Crippen LogP contribution in [-0.4, -0.2) is 26.0 Å². The summed E-state index contributed by atoms with van der Waals surface area (Å²) in [4.78, 5) is 0. The molecule has 0 aliphatic heterocycles. The van der Waals surface area contributed by atoms with Gasteiger partial charge in [-0.2, -0.15) is 0 Å². The molecule has 156 valence electrons. The second-order valence-corrected chi connectivity index (χ2v) is 10.8. The van der Waals surface area contributed by atoms with E-state index in [1.807, 2.05) is 7.05 Å². The number of allylic oxidation sites excluding steroid dienone is 1. The van der Waals surface area contributed by atoms with Crippen LogP contribution in [0.15, 0.2) is 29.8 Å². The van der Waals surface area contributed by atoms with Gasteiger partial charge in [-0.15, -0.1) is 24.8 Å². The first kappa shape index (κ1) is 28.1. The molecule has 3 rings (SSSR count). The Hall–Kier alpha value is 0.0712. The van der Waals surface area contributed by atoms with E-state index >= 15 is 0 Å². The van der Waals surface area contributed by atoms with Crippen LogP contribution in [0, 0.1) is 5.92 Å². The van der Waals surface area contributed by atoms with Crippen molar-refractivity contribution in [2.75, 3.05) is 7.05 Å². The van der Waals surface area contributed by atoms with Crippen LogP contribution in [0.4, 0.5) is 0 Å². The van der Waals surface area contributed by atoms with Gasteiger partial charge in [0.25, 0.3) is 0 Å². The van der Waals surface area contributed by atoms with E-state index in [-0.39, 0.29) is 52.1 Å². The van der Waals surface area contributed by atoms with Gasteiger partial charge in [0.1, 0.15) is 0 Å². The maximum atomic E-state index is 13.1. The number of nitrogens with zero attached hydrogens (tertiary/aromatic N) is 1. The van der Waals surface area contributed by atoms with Gasteiger partial charge >= 0.3 is 8.84 Å². The number of halogens is 2. The summed E-state index contributed by atoms with van der Waals surface area (Å²) in [6.07, 6.45) is 10.5. The van der Waals surface area contributed by atoms with Gasteiger partial charge in [0.05, 0.1) is 0 Å². The molecule has 0 aromatic heterocycles. The Morgan fingerprint density at radius 2 is 1.68 bits per heavy atom. The summed E-state index contributed by atoms with van der Waals surface area (Å²) in [6.45, 7) is 6.45. The summed E-state index contributed by atoms with van der Waals surface area (Å²) in [5.41, 5.74) is 4.25. The molecule has 1 unspecified atom stereocenters. The molecule has 0 N–H and O–H groups in total. The van der Waals surface area contributed by atoms with Gasteiger partial charge in [-0.25, -0.2) is 0 Å². The molecule has 1 aromatic rings. The van der Waals surface area contributed by atoms with Crippen LogP contribution < -0.4 is 0 Å². The first-order chi connectivity index (χ1) is 11.9. The van der Waals surface area contributed by atoms with Crippen molar-refractivity contribution in [3.8, 4) is 0 Å². The monoisotopic (exact) mass is 475 g/mol. The molecule has 6 heteroatoms. The molecule has 1 atom stereocenters. The van der Waals surface area contributed by atoms with Crippen molar-refractivity contribution in [3.05, 3.63) is 41.0 Å². The Labute approximate surface area is 200 Å². The minimum absolute atomic E-state index is 0. The van der Waals surface area contributed by atoms with E-state index in [0.717, 1.165) is 12.0 Å². The maximum Gasteiger partial charge on any atom is 0.395 e. The minimum atomic E-state index is -1.78. The molecule has 2 nitrogen and oxygen atoms in total. The van der Waals surface area contributed by atoms with Gasteiger partial charge in [0, 0.05) is 46.3 Å². The summed E-state index contributed by atoms with van der Waals surface area (Å²) in [7, 11) is 0.241. The van der Waals surface area contributed by atoms with Crippen LogP contribution in [0.2, 0.25) is 6.04 Å². The summed E-state index contributed by atoms with van der Waals surface area (Å²) in [5, 5.41) is 0. The smallest absolute Gasteiger partial charge is 0.375 e. The summed E-state index contributed by atoms with van der Waals surface area (Å²) in [6, 6.07) is 9.51. The number of rotatable bonds is 5. The molecule has 1 fully saturated rings. The minimum Gasteiger partial charge on any atom is -0.375 e. The maximum absolute atomic E-state index is 13.1. The third kappa shape index (κ3) is 6.81. The van der Waals surface area contributed by atoms with E-state index < -0.39 is 8.84 Å². The molecule has 2 aliphatic carbocycles. The Morgan fingerprint density at radius 3 is 2.29 bits per heavy atom. The first-order valence-corrected chi connectivity index (χ1v) is 11.5. The van der Waals surface area contributed by atoms with Crippen LogP contribution in [0.3, 0.4) is 0 Å². The van der Waals surface area contributed by atoms with E-state index in [9.17, 15) is 4.46 Å². The van der Waals surface area contributed by atoms with Crippen LogP contribution in [0.25, 0.3) is 6.08 Å². The molecule has 0 heterocycles. The van der Waals surface area contributed by atoms with Crippen molar-refractivity contribution in [1.82, 2.24) is 4.57 Å². The molecule has 0 radical (unpaired) electrons. The summed E-state index contributed by atoms with van der Waals surface area (Å²) in [5.74, 6) is 1.19. The van der Waals surface area contributed by atoms with Gasteiger partial charge in [-0.05, 0) is 44.2 Å². The first-order valence-electron chi connectivity index (χ1n) is 9.92. The van der Waals surface area contributed by atoms with Crippen molar-refractivity contribution in [2.24, 2.45) is 5.92 Å². The Morgan fingerprint density at radius 1 is 1.07 bits per heavy atom. The zero-order valence-electron chi connectivity index (χ0n) is 17.7. The Bertz CT molecular complexity index is 669. The fourth-order valence-corrected chi connectivity index (χ4v) is 6.17. The summed E-state index contributed by atoms with van der Waals surface area (Å²) < 4.78 is 15.2. The number of hydrogen-bond donors (Lipinski definition) is 0. The molecular weight excluding hydrogens is 441 g/mol. The van der Waals surface area contributed by atoms with E-state index in [4.69, 9.17) is 0 Å². The van der Waals surface area contributed by atoms with E-state index in [0.29, 0.717) is 5.92 Å². The third-order valence-electron chi connectivity index (χ3n) is 6.17. The van der Waals surface area contributed by atoms with Crippen molar-refractivity contribution >= 4 is 39.7 Å². The summed E-state index contributed by atoms with van der Waals surface area (Å²) >= 11 is 0. The molecule has 0 amide bonds. The van der Waals surface area contributed by atoms with E-state index in [1.165, 1.54) is 55.2 Å². The van der Waals surface area contributed by atoms with Crippen LogP contribution in [-0.2, 0) is 26.2 Å². The van der Waals surface area contributed by atoms with Crippen LogP contribution >= 0.6 is 24.8 Å². The zero-order chi connectivity index (χ0) is 18.0. The predicted molar refractivity (Wildman–Crippen MR) is 122 cm³/mol. The van der Waals surface area contributed by atoms with Crippen molar-refractivity contribution < 1.29 is 26.2 Å². The van der Waals surface area contributed by atoms with Crippen LogP contribution in [0.1, 0.15) is 76.3 Å². The molecule has 1 saturated carbocycles. The van der Waals surface area contributed by atoms with Gasteiger partial charge in [0.2, 0.25) is 0 Å². The Kier molecular flexibility index (Phi) is 12.1. The van der Waals surface area contributed by atoms with Crippen LogP contribution in [0.5, 0.6) is 0 Å². The molecule has 0 bridgehead atoms. The van der Waals surface area contributed by atoms with Crippen molar-refractivity contribution in [3.63, 3.8) is 0 Å². The van der Waals surface area contributed by atoms with Crippen molar-refractivity contribution in [1.29, 1.82) is 0 Å². The molecule has 0 spiro atoms. The van der Waals surface area contributed by atoms with Gasteiger partial charge in [-0.3, -0.25) is 0 Å².